The summed E-state index contributed by atoms with van der Waals surface area (Å²) < 4.78 is 49.7. The van der Waals surface area contributed by atoms with Crippen molar-refractivity contribution < 1.29 is 23.0 Å². The zero-order valence-corrected chi connectivity index (χ0v) is 22.0. The van der Waals surface area contributed by atoms with Crippen LogP contribution >= 0.6 is 0 Å². The van der Waals surface area contributed by atoms with Gasteiger partial charge in [0, 0.05) is 5.56 Å². The lowest BCUT2D eigenvalue weighted by Crippen LogP contribution is -2.25. The Balaban J connectivity index is 1.11. The molecule has 2 aromatic rings. The molecule has 2 aliphatic carbocycles. The van der Waals surface area contributed by atoms with Crippen molar-refractivity contribution in [3.63, 3.8) is 0 Å². The predicted octanol–water partition coefficient (Wildman–Crippen LogP) is 8.52. The number of halogens is 3. The van der Waals surface area contributed by atoms with Crippen LogP contribution in [0.4, 0.5) is 13.2 Å². The molecule has 5 heteroatoms. The number of hydrogen-bond donors (Lipinski definition) is 1. The van der Waals surface area contributed by atoms with Gasteiger partial charge in [-0.05, 0) is 117 Å². The quantitative estimate of drug-likeness (QED) is 0.340. The summed E-state index contributed by atoms with van der Waals surface area (Å²) in [5, 5.41) is 10.3. The van der Waals surface area contributed by atoms with E-state index in [1.54, 1.807) is 12.1 Å². The normalized spacial score (nSPS) is 28.7. The molecular formula is C32H41F3O2. The van der Waals surface area contributed by atoms with Crippen LogP contribution in [0.3, 0.4) is 0 Å². The van der Waals surface area contributed by atoms with Crippen molar-refractivity contribution >= 4 is 0 Å². The van der Waals surface area contributed by atoms with Gasteiger partial charge in [0.25, 0.3) is 0 Å². The average molecular weight is 515 g/mol. The highest BCUT2D eigenvalue weighted by molar-refractivity contribution is 5.31. The second-order valence-electron chi connectivity index (χ2n) is 11.8. The molecule has 3 fully saturated rings. The number of rotatable bonds is 9. The molecule has 0 bridgehead atoms. The number of ether oxygens (including phenoxy) is 1. The summed E-state index contributed by atoms with van der Waals surface area (Å²) in [6, 6.07) is 9.21. The molecule has 0 spiro atoms. The topological polar surface area (TPSA) is 32.8 Å². The van der Waals surface area contributed by atoms with Crippen molar-refractivity contribution in [2.75, 3.05) is 6.61 Å². The maximum absolute atomic E-state index is 15.1. The van der Waals surface area contributed by atoms with Crippen LogP contribution in [0, 0.1) is 29.3 Å². The zero-order valence-electron chi connectivity index (χ0n) is 22.0. The number of epoxide rings is 1. The summed E-state index contributed by atoms with van der Waals surface area (Å²) in [5.74, 6) is -0.312. The molecule has 1 N–H and O–H groups in total. The fourth-order valence-corrected chi connectivity index (χ4v) is 6.89. The van der Waals surface area contributed by atoms with Gasteiger partial charge in [-0.1, -0.05) is 37.6 Å². The van der Waals surface area contributed by atoms with E-state index in [1.165, 1.54) is 0 Å². The van der Waals surface area contributed by atoms with Gasteiger partial charge in [0.2, 0.25) is 0 Å². The summed E-state index contributed by atoms with van der Waals surface area (Å²) in [4.78, 5) is 0. The SMILES string of the molecule is CCCC(O)C1CCC(c2ccc(CCC3CCC(c4ccc(C5CO5)c(F)c4)CC3)c(F)c2F)CC1. The van der Waals surface area contributed by atoms with Gasteiger partial charge < -0.3 is 9.84 Å². The fraction of sp³-hybridized carbons (Fsp3) is 0.625. The molecule has 5 rings (SSSR count). The first-order valence-corrected chi connectivity index (χ1v) is 14.5. The first-order chi connectivity index (χ1) is 17.9. The third-order valence-corrected chi connectivity index (χ3v) is 9.38. The molecule has 2 nitrogen and oxygen atoms in total. The minimum absolute atomic E-state index is 0.0413. The van der Waals surface area contributed by atoms with Crippen molar-refractivity contribution in [3.8, 4) is 0 Å². The molecular weight excluding hydrogens is 473 g/mol. The van der Waals surface area contributed by atoms with E-state index in [0.29, 0.717) is 41.6 Å². The van der Waals surface area contributed by atoms with Crippen LogP contribution in [0.25, 0.3) is 0 Å². The van der Waals surface area contributed by atoms with E-state index in [-0.39, 0.29) is 29.9 Å². The van der Waals surface area contributed by atoms with Crippen molar-refractivity contribution in [2.45, 2.75) is 108 Å². The highest BCUT2D eigenvalue weighted by Gasteiger charge is 2.31. The second kappa shape index (κ2) is 11.9. The Kier molecular flexibility index (Phi) is 8.60. The van der Waals surface area contributed by atoms with E-state index in [4.69, 9.17) is 4.74 Å². The van der Waals surface area contributed by atoms with E-state index in [0.717, 1.165) is 76.2 Å². The van der Waals surface area contributed by atoms with Gasteiger partial charge in [-0.3, -0.25) is 0 Å². The molecule has 0 radical (unpaired) electrons. The van der Waals surface area contributed by atoms with E-state index < -0.39 is 11.6 Å². The zero-order chi connectivity index (χ0) is 25.9. The van der Waals surface area contributed by atoms with Crippen LogP contribution in [0.5, 0.6) is 0 Å². The van der Waals surface area contributed by atoms with E-state index in [9.17, 15) is 9.50 Å². The van der Waals surface area contributed by atoms with Crippen molar-refractivity contribution in [1.82, 2.24) is 0 Å². The lowest BCUT2D eigenvalue weighted by molar-refractivity contribution is 0.0727. The predicted molar refractivity (Wildman–Crippen MR) is 140 cm³/mol. The lowest BCUT2D eigenvalue weighted by atomic mass is 9.75. The van der Waals surface area contributed by atoms with Crippen molar-refractivity contribution in [3.05, 3.63) is 70.0 Å². The molecule has 3 aliphatic rings. The number of benzene rings is 2. The molecule has 1 heterocycles. The fourth-order valence-electron chi connectivity index (χ4n) is 6.89. The van der Waals surface area contributed by atoms with Crippen LogP contribution in [-0.2, 0) is 11.2 Å². The molecule has 2 saturated carbocycles. The third kappa shape index (κ3) is 6.25. The first-order valence-electron chi connectivity index (χ1n) is 14.5. The van der Waals surface area contributed by atoms with Gasteiger partial charge in [-0.2, -0.15) is 0 Å². The smallest absolute Gasteiger partial charge is 0.162 e. The van der Waals surface area contributed by atoms with Crippen LogP contribution in [0.2, 0.25) is 0 Å². The Morgan fingerprint density at radius 1 is 0.865 bits per heavy atom. The molecule has 2 aromatic carbocycles. The third-order valence-electron chi connectivity index (χ3n) is 9.38. The largest absolute Gasteiger partial charge is 0.393 e. The van der Waals surface area contributed by atoms with Gasteiger partial charge in [-0.15, -0.1) is 0 Å². The summed E-state index contributed by atoms with van der Waals surface area (Å²) in [6.45, 7) is 2.69. The highest BCUT2D eigenvalue weighted by Crippen LogP contribution is 2.41. The first kappa shape index (κ1) is 26.7. The molecule has 2 atom stereocenters. The summed E-state index contributed by atoms with van der Waals surface area (Å²) in [7, 11) is 0. The highest BCUT2D eigenvalue weighted by atomic mass is 19.2. The number of hydrogen-bond acceptors (Lipinski definition) is 2. The van der Waals surface area contributed by atoms with Crippen LogP contribution in [0.15, 0.2) is 30.3 Å². The Morgan fingerprint density at radius 3 is 2.19 bits per heavy atom. The summed E-state index contributed by atoms with van der Waals surface area (Å²) in [5.41, 5.74) is 2.72. The molecule has 0 aromatic heterocycles. The number of aryl methyl sites for hydroxylation is 1. The van der Waals surface area contributed by atoms with Gasteiger partial charge >= 0.3 is 0 Å². The van der Waals surface area contributed by atoms with Crippen LogP contribution in [-0.4, -0.2) is 17.8 Å². The van der Waals surface area contributed by atoms with E-state index in [2.05, 4.69) is 6.92 Å². The van der Waals surface area contributed by atoms with Gasteiger partial charge in [-0.25, -0.2) is 13.2 Å². The monoisotopic (exact) mass is 514 g/mol. The Bertz CT molecular complexity index is 1050. The Hall–Kier alpha value is -1.85. The number of aliphatic hydroxyl groups excluding tert-OH is 1. The molecule has 1 saturated heterocycles. The van der Waals surface area contributed by atoms with Crippen molar-refractivity contribution in [2.24, 2.45) is 11.8 Å². The second-order valence-corrected chi connectivity index (χ2v) is 11.8. The number of aliphatic hydroxyl groups is 1. The maximum Gasteiger partial charge on any atom is 0.162 e. The van der Waals surface area contributed by atoms with Crippen LogP contribution in [0.1, 0.15) is 118 Å². The van der Waals surface area contributed by atoms with Gasteiger partial charge in [0.15, 0.2) is 11.6 Å². The Morgan fingerprint density at radius 2 is 1.54 bits per heavy atom. The summed E-state index contributed by atoms with van der Waals surface area (Å²) >= 11 is 0. The molecule has 1 aliphatic heterocycles. The minimum Gasteiger partial charge on any atom is -0.393 e. The molecule has 37 heavy (non-hydrogen) atoms. The van der Waals surface area contributed by atoms with Gasteiger partial charge in [0.1, 0.15) is 11.9 Å². The van der Waals surface area contributed by atoms with Gasteiger partial charge in [0.05, 0.1) is 12.7 Å². The molecule has 202 valence electrons. The lowest BCUT2D eigenvalue weighted by Gasteiger charge is -2.32. The standard InChI is InChI=1S/C32H41F3O2/c1-2-3-29(36)23-12-10-22(11-13-23)26-16-14-24(31(34)32(26)35)9-6-20-4-7-21(8-5-20)25-15-17-27(28(33)18-25)30-19-37-30/h14-18,20-23,29-30,36H,2-13,19H2,1H3. The van der Waals surface area contributed by atoms with Crippen molar-refractivity contribution in [1.29, 1.82) is 0 Å². The van der Waals surface area contributed by atoms with E-state index >= 15 is 8.78 Å². The van der Waals surface area contributed by atoms with Crippen LogP contribution < -0.4 is 0 Å². The average Bonchev–Trinajstić information content (AvgIpc) is 3.75. The maximum atomic E-state index is 15.1. The van der Waals surface area contributed by atoms with E-state index in [1.807, 2.05) is 18.2 Å². The summed E-state index contributed by atoms with van der Waals surface area (Å²) in [6.07, 6.45) is 10.3. The minimum atomic E-state index is -0.672. The Labute approximate surface area is 219 Å². The molecule has 2 unspecified atom stereocenters. The molecule has 0 amide bonds.